The van der Waals surface area contributed by atoms with Crippen LogP contribution in [0.5, 0.6) is 0 Å². The van der Waals surface area contributed by atoms with E-state index in [0.717, 1.165) is 5.57 Å². The van der Waals surface area contributed by atoms with Gasteiger partial charge in [-0.1, -0.05) is 18.6 Å². The largest absolute Gasteiger partial charge is 0.392 e. The molecule has 1 N–H and O–H groups in total. The number of aliphatic hydroxyl groups excluding tert-OH is 1. The molecule has 0 heterocycles. The molecule has 0 aliphatic rings. The minimum atomic E-state index is 0.140. The highest BCUT2D eigenvalue weighted by atomic mass is 16.5. The molecule has 0 aromatic carbocycles. The van der Waals surface area contributed by atoms with Gasteiger partial charge < -0.3 is 9.84 Å². The van der Waals surface area contributed by atoms with E-state index < -0.39 is 0 Å². The molecule has 11 heavy (non-hydrogen) atoms. The lowest BCUT2D eigenvalue weighted by molar-refractivity contribution is 0.0894. The molecule has 0 rings (SSSR count). The van der Waals surface area contributed by atoms with Crippen LogP contribution in [0, 0.1) is 5.92 Å². The van der Waals surface area contributed by atoms with Gasteiger partial charge >= 0.3 is 0 Å². The van der Waals surface area contributed by atoms with E-state index in [1.54, 1.807) is 7.11 Å². The van der Waals surface area contributed by atoms with Crippen molar-refractivity contribution in [2.45, 2.75) is 26.9 Å². The van der Waals surface area contributed by atoms with Gasteiger partial charge in [-0.05, 0) is 13.8 Å². The highest BCUT2D eigenvalue weighted by Gasteiger charge is 2.07. The van der Waals surface area contributed by atoms with Gasteiger partial charge in [0.2, 0.25) is 0 Å². The van der Waals surface area contributed by atoms with E-state index in [9.17, 15) is 0 Å². The Morgan fingerprint density at radius 2 is 2.09 bits per heavy atom. The molecular weight excluding hydrogens is 140 g/mol. The fourth-order valence-electron chi connectivity index (χ4n) is 0.852. The van der Waals surface area contributed by atoms with Crippen molar-refractivity contribution in [1.82, 2.24) is 0 Å². The van der Waals surface area contributed by atoms with Crippen LogP contribution in [0.25, 0.3) is 0 Å². The van der Waals surface area contributed by atoms with Gasteiger partial charge in [-0.3, -0.25) is 0 Å². The molecule has 0 saturated heterocycles. The molecule has 2 nitrogen and oxygen atoms in total. The monoisotopic (exact) mass is 158 g/mol. The second kappa shape index (κ2) is 5.33. The van der Waals surface area contributed by atoms with Gasteiger partial charge in [-0.2, -0.15) is 0 Å². The van der Waals surface area contributed by atoms with Crippen molar-refractivity contribution in [3.05, 3.63) is 11.6 Å². The number of ether oxygens (including phenoxy) is 1. The Balaban J connectivity index is 3.93. The highest BCUT2D eigenvalue weighted by Crippen LogP contribution is 2.09. The van der Waals surface area contributed by atoms with Crippen molar-refractivity contribution in [3.63, 3.8) is 0 Å². The predicted octanol–water partition coefficient (Wildman–Crippen LogP) is 1.60. The Bertz CT molecular complexity index is 130. The zero-order valence-corrected chi connectivity index (χ0v) is 7.79. The zero-order chi connectivity index (χ0) is 8.85. The fraction of sp³-hybridized carbons (Fsp3) is 0.778. The first-order valence-corrected chi connectivity index (χ1v) is 3.92. The third kappa shape index (κ3) is 4.17. The average molecular weight is 158 g/mol. The Labute approximate surface area is 68.9 Å². The van der Waals surface area contributed by atoms with Crippen LogP contribution in [0.3, 0.4) is 0 Å². The quantitative estimate of drug-likeness (QED) is 0.630. The van der Waals surface area contributed by atoms with E-state index in [1.807, 2.05) is 19.9 Å². The molecule has 0 saturated carbocycles. The summed E-state index contributed by atoms with van der Waals surface area (Å²) in [5.41, 5.74) is 1.00. The lowest BCUT2D eigenvalue weighted by Crippen LogP contribution is -2.14. The van der Waals surface area contributed by atoms with Crippen LogP contribution < -0.4 is 0 Å². The molecule has 0 spiro atoms. The van der Waals surface area contributed by atoms with Crippen LogP contribution in [0.2, 0.25) is 0 Å². The van der Waals surface area contributed by atoms with E-state index in [2.05, 4.69) is 6.92 Å². The molecule has 0 fully saturated rings. The highest BCUT2D eigenvalue weighted by molar-refractivity contribution is 5.01. The summed E-state index contributed by atoms with van der Waals surface area (Å²) in [5.74, 6) is 0.368. The summed E-state index contributed by atoms with van der Waals surface area (Å²) in [4.78, 5) is 0. The number of hydrogen-bond donors (Lipinski definition) is 1. The summed E-state index contributed by atoms with van der Waals surface area (Å²) in [6, 6.07) is 0. The molecule has 0 bridgehead atoms. The minimum absolute atomic E-state index is 0.140. The lowest BCUT2D eigenvalue weighted by atomic mass is 10.0. The van der Waals surface area contributed by atoms with Gasteiger partial charge in [-0.15, -0.1) is 0 Å². The summed E-state index contributed by atoms with van der Waals surface area (Å²) in [7, 11) is 1.70. The number of methoxy groups -OCH3 is 1. The van der Waals surface area contributed by atoms with Crippen molar-refractivity contribution in [2.75, 3.05) is 13.7 Å². The molecule has 2 unspecified atom stereocenters. The third-order valence-electron chi connectivity index (χ3n) is 1.91. The first-order chi connectivity index (χ1) is 5.11. The van der Waals surface area contributed by atoms with Crippen molar-refractivity contribution >= 4 is 0 Å². The molecule has 0 amide bonds. The summed E-state index contributed by atoms with van der Waals surface area (Å²) >= 11 is 0. The zero-order valence-electron chi connectivity index (χ0n) is 7.79. The molecular formula is C9H18O2. The van der Waals surface area contributed by atoms with Gasteiger partial charge in [-0.25, -0.2) is 0 Å². The average Bonchev–Trinajstić information content (AvgIpc) is 2.02. The maximum absolute atomic E-state index is 8.73. The molecule has 2 heteroatoms. The van der Waals surface area contributed by atoms with E-state index in [4.69, 9.17) is 9.84 Å². The number of aliphatic hydroxyl groups is 1. The van der Waals surface area contributed by atoms with Crippen LogP contribution in [-0.4, -0.2) is 24.9 Å². The molecule has 0 radical (unpaired) electrons. The molecule has 0 aromatic rings. The minimum Gasteiger partial charge on any atom is -0.392 e. The fourth-order valence-corrected chi connectivity index (χ4v) is 0.852. The van der Waals surface area contributed by atoms with Gasteiger partial charge in [0.25, 0.3) is 0 Å². The topological polar surface area (TPSA) is 29.5 Å². The van der Waals surface area contributed by atoms with E-state index >= 15 is 0 Å². The predicted molar refractivity (Wildman–Crippen MR) is 46.5 cm³/mol. The maximum atomic E-state index is 8.73. The van der Waals surface area contributed by atoms with E-state index in [1.165, 1.54) is 0 Å². The SMILES string of the molecule is COC(C)C(C)/C=C(\C)CO. The molecule has 0 aliphatic carbocycles. The van der Waals surface area contributed by atoms with Crippen molar-refractivity contribution in [2.24, 2.45) is 5.92 Å². The second-order valence-corrected chi connectivity index (χ2v) is 2.97. The summed E-state index contributed by atoms with van der Waals surface area (Å²) in [5, 5.41) is 8.73. The van der Waals surface area contributed by atoms with E-state index in [0.29, 0.717) is 5.92 Å². The Kier molecular flexibility index (Phi) is 5.16. The molecule has 66 valence electrons. The van der Waals surface area contributed by atoms with Gasteiger partial charge in [0.05, 0.1) is 12.7 Å². The van der Waals surface area contributed by atoms with E-state index in [-0.39, 0.29) is 12.7 Å². The van der Waals surface area contributed by atoms with Gasteiger partial charge in [0.1, 0.15) is 0 Å². The second-order valence-electron chi connectivity index (χ2n) is 2.97. The first kappa shape index (κ1) is 10.7. The first-order valence-electron chi connectivity index (χ1n) is 3.92. The summed E-state index contributed by atoms with van der Waals surface area (Å²) in [6.07, 6.45) is 2.25. The van der Waals surface area contributed by atoms with Crippen molar-refractivity contribution in [3.8, 4) is 0 Å². The maximum Gasteiger partial charge on any atom is 0.0639 e. The van der Waals surface area contributed by atoms with Crippen molar-refractivity contribution in [1.29, 1.82) is 0 Å². The van der Waals surface area contributed by atoms with Crippen molar-refractivity contribution < 1.29 is 9.84 Å². The van der Waals surface area contributed by atoms with Crippen LogP contribution in [0.4, 0.5) is 0 Å². The number of hydrogen-bond acceptors (Lipinski definition) is 2. The smallest absolute Gasteiger partial charge is 0.0639 e. The summed E-state index contributed by atoms with van der Waals surface area (Å²) in [6.45, 7) is 6.15. The van der Waals surface area contributed by atoms with Gasteiger partial charge in [0.15, 0.2) is 0 Å². The normalized spacial score (nSPS) is 18.1. The summed E-state index contributed by atoms with van der Waals surface area (Å²) < 4.78 is 5.13. The standard InChI is InChI=1S/C9H18O2/c1-7(6-10)5-8(2)9(3)11-4/h5,8-10H,6H2,1-4H3/b7-5+. The lowest BCUT2D eigenvalue weighted by Gasteiger charge is -2.15. The third-order valence-corrected chi connectivity index (χ3v) is 1.91. The molecule has 2 atom stereocenters. The molecule has 0 aromatic heterocycles. The van der Waals surface area contributed by atoms with Gasteiger partial charge in [0, 0.05) is 13.0 Å². The molecule has 0 aliphatic heterocycles. The Morgan fingerprint density at radius 1 is 1.55 bits per heavy atom. The van der Waals surface area contributed by atoms with Crippen LogP contribution in [0.1, 0.15) is 20.8 Å². The Hall–Kier alpha value is -0.340. The Morgan fingerprint density at radius 3 is 2.45 bits per heavy atom. The van der Waals surface area contributed by atoms with Crippen LogP contribution in [-0.2, 0) is 4.74 Å². The number of rotatable bonds is 4. The van der Waals surface area contributed by atoms with Crippen LogP contribution in [0.15, 0.2) is 11.6 Å². The van der Waals surface area contributed by atoms with Crippen LogP contribution >= 0.6 is 0 Å².